The minimum atomic E-state index is -2.37. The number of nitrogens with zero attached hydrogens (tertiary/aromatic N) is 6. The van der Waals surface area contributed by atoms with Crippen LogP contribution in [-0.4, -0.2) is 163 Å². The molecule has 0 aromatic heterocycles. The van der Waals surface area contributed by atoms with Crippen molar-refractivity contribution in [2.45, 2.75) is 76.2 Å². The fourth-order valence-electron chi connectivity index (χ4n) is 4.05. The quantitative estimate of drug-likeness (QED) is 0.0402. The molecule has 57 heavy (non-hydrogen) atoms. The number of alkyl halides is 1. The standard InChI is InChI=1S/C14H22N4O9S.C9H17NO4S.C5H6BrN3O5/c1-13(2,3)27-12(21)15-9(11(20)26-4)5-28-6-10(19)16-7-14(8-16,17(22)23)18(24)25;1-9(2,3)14-8(12)10-6(5-15)7(11)13-4;6-1-4(10)7-2-5(3-7,8(11)12)9(13)14/h9H,5-8H2,1-4H3,(H,15,21);6,15H,5H2,1-4H3,(H,10,12);1-3H2/t9-;6-;/m00./s1. The number of methoxy groups -OCH3 is 2. The Balaban J connectivity index is 0.000000910. The summed E-state index contributed by atoms with van der Waals surface area (Å²) in [6.45, 7) is 7.99. The van der Waals surface area contributed by atoms with Crippen LogP contribution in [0.4, 0.5) is 9.59 Å². The molecule has 26 nitrogen and oxygen atoms in total. The summed E-state index contributed by atoms with van der Waals surface area (Å²) >= 11 is 7.76. The van der Waals surface area contributed by atoms with E-state index in [1.807, 2.05) is 0 Å². The topological polar surface area (TPSA) is 342 Å². The average Bonchev–Trinajstić information content (AvgIpc) is 3.03. The van der Waals surface area contributed by atoms with Crippen LogP contribution in [0.1, 0.15) is 41.5 Å². The molecule has 2 fully saturated rings. The number of nitrogens with one attached hydrogen (secondary N) is 2. The molecule has 2 atom stereocenters. The van der Waals surface area contributed by atoms with Gasteiger partial charge in [-0.05, 0) is 41.5 Å². The van der Waals surface area contributed by atoms with E-state index in [4.69, 9.17) is 9.47 Å². The molecule has 0 spiro atoms. The highest BCUT2D eigenvalue weighted by Crippen LogP contribution is 2.27. The van der Waals surface area contributed by atoms with Gasteiger partial charge < -0.3 is 39.4 Å². The van der Waals surface area contributed by atoms with Gasteiger partial charge in [0.1, 0.15) is 43.0 Å². The normalized spacial score (nSPS) is 16.0. The largest absolute Gasteiger partial charge is 0.492 e. The second kappa shape index (κ2) is 22.2. The number of alkyl carbamates (subject to hydrolysis) is 2. The third-order valence-corrected chi connectivity index (χ3v) is 8.87. The van der Waals surface area contributed by atoms with Crippen LogP contribution in [0.5, 0.6) is 0 Å². The second-order valence-electron chi connectivity index (χ2n) is 13.8. The van der Waals surface area contributed by atoms with E-state index in [0.29, 0.717) is 0 Å². The van der Waals surface area contributed by atoms with Gasteiger partial charge in [0.25, 0.3) is 0 Å². The van der Waals surface area contributed by atoms with Crippen molar-refractivity contribution < 1.29 is 67.4 Å². The molecule has 0 unspecified atom stereocenters. The number of likely N-dealkylation sites (tertiary alicyclic amines) is 2. The van der Waals surface area contributed by atoms with E-state index in [-0.39, 0.29) is 28.5 Å². The zero-order valence-corrected chi connectivity index (χ0v) is 35.4. The molecular weight excluding hydrogens is 880 g/mol. The lowest BCUT2D eigenvalue weighted by Crippen LogP contribution is -2.71. The third-order valence-electron chi connectivity index (χ3n) is 7.00. The minimum Gasteiger partial charge on any atom is -0.467 e. The molecular formula is C28H45BrN8O18S2. The van der Waals surface area contributed by atoms with E-state index in [2.05, 4.69) is 48.7 Å². The zero-order chi connectivity index (χ0) is 44.7. The van der Waals surface area contributed by atoms with Crippen molar-refractivity contribution in [2.24, 2.45) is 0 Å². The summed E-state index contributed by atoms with van der Waals surface area (Å²) in [5, 5.41) is 47.2. The van der Waals surface area contributed by atoms with Crippen molar-refractivity contribution in [3.8, 4) is 0 Å². The highest BCUT2D eigenvalue weighted by atomic mass is 79.9. The fraction of sp³-hybridized carbons (Fsp3) is 0.786. The first-order valence-corrected chi connectivity index (χ1v) is 19.0. The Labute approximate surface area is 342 Å². The Hall–Kier alpha value is -4.80. The summed E-state index contributed by atoms with van der Waals surface area (Å²) in [5.41, 5.74) is -5.93. The van der Waals surface area contributed by atoms with Crippen LogP contribution in [0.25, 0.3) is 0 Å². The summed E-state index contributed by atoms with van der Waals surface area (Å²) in [5.74, 6) is -2.27. The summed E-state index contributed by atoms with van der Waals surface area (Å²) in [6.07, 6.45) is -1.49. The van der Waals surface area contributed by atoms with E-state index in [0.717, 1.165) is 28.7 Å². The molecule has 29 heteroatoms. The van der Waals surface area contributed by atoms with Gasteiger partial charge in [0.05, 0.1) is 25.3 Å². The number of ether oxygens (including phenoxy) is 4. The van der Waals surface area contributed by atoms with Gasteiger partial charge in [-0.25, -0.2) is 19.2 Å². The van der Waals surface area contributed by atoms with Crippen LogP contribution in [-0.2, 0) is 38.1 Å². The monoisotopic (exact) mass is 924 g/mol. The summed E-state index contributed by atoms with van der Waals surface area (Å²) < 4.78 is 19.1. The van der Waals surface area contributed by atoms with Crippen LogP contribution in [0.3, 0.4) is 0 Å². The first-order chi connectivity index (χ1) is 26.1. The second-order valence-corrected chi connectivity index (χ2v) is 15.7. The number of amides is 4. The molecule has 4 amide bonds. The van der Waals surface area contributed by atoms with Gasteiger partial charge in [-0.1, -0.05) is 15.9 Å². The highest BCUT2D eigenvalue weighted by Gasteiger charge is 2.68. The van der Waals surface area contributed by atoms with Gasteiger partial charge in [-0.15, -0.1) is 11.8 Å². The molecule has 2 heterocycles. The predicted octanol–water partition coefficient (Wildman–Crippen LogP) is 0.334. The van der Waals surface area contributed by atoms with E-state index < -0.39 is 111 Å². The number of carbonyl (C=O) groups is 6. The molecule has 0 aromatic rings. The molecule has 0 saturated carbocycles. The van der Waals surface area contributed by atoms with Gasteiger partial charge in [0.15, 0.2) is 26.2 Å². The van der Waals surface area contributed by atoms with Crippen molar-refractivity contribution in [1.82, 2.24) is 20.4 Å². The van der Waals surface area contributed by atoms with Crippen molar-refractivity contribution in [3.05, 3.63) is 40.5 Å². The molecule has 2 N–H and O–H groups in total. The Morgan fingerprint density at radius 1 is 0.702 bits per heavy atom. The predicted molar refractivity (Wildman–Crippen MR) is 202 cm³/mol. The lowest BCUT2D eigenvalue weighted by Gasteiger charge is -2.36. The average molecular weight is 926 g/mol. The molecule has 0 aromatic carbocycles. The Kier molecular flexibility index (Phi) is 20.3. The van der Waals surface area contributed by atoms with Crippen molar-refractivity contribution in [3.63, 3.8) is 0 Å². The van der Waals surface area contributed by atoms with Crippen LogP contribution in [0, 0.1) is 40.5 Å². The lowest BCUT2D eigenvalue weighted by atomic mass is 10.0. The number of thioether (sulfide) groups is 1. The van der Waals surface area contributed by atoms with E-state index in [9.17, 15) is 69.2 Å². The Morgan fingerprint density at radius 2 is 1.04 bits per heavy atom. The van der Waals surface area contributed by atoms with Crippen LogP contribution in [0.2, 0.25) is 0 Å². The number of nitro groups is 4. The van der Waals surface area contributed by atoms with E-state index in [1.165, 1.54) is 7.11 Å². The molecule has 2 aliphatic heterocycles. The van der Waals surface area contributed by atoms with Gasteiger partial charge >= 0.3 is 35.5 Å². The number of carbonyl (C=O) groups excluding carboxylic acids is 6. The summed E-state index contributed by atoms with van der Waals surface area (Å²) in [7, 11) is 2.38. The van der Waals surface area contributed by atoms with Crippen molar-refractivity contribution in [2.75, 3.05) is 63.0 Å². The smallest absolute Gasteiger partial charge is 0.467 e. The first-order valence-electron chi connectivity index (χ1n) is 16.1. The van der Waals surface area contributed by atoms with E-state index in [1.54, 1.807) is 41.5 Å². The maximum absolute atomic E-state index is 12.0. The number of rotatable bonds is 14. The molecule has 0 aliphatic carbocycles. The van der Waals surface area contributed by atoms with Crippen molar-refractivity contribution in [1.29, 1.82) is 0 Å². The molecule has 2 saturated heterocycles. The number of hydrogen-bond acceptors (Lipinski definition) is 20. The number of esters is 2. The maximum atomic E-state index is 12.0. The number of thiol groups is 1. The zero-order valence-electron chi connectivity index (χ0n) is 32.1. The van der Waals surface area contributed by atoms with Crippen molar-refractivity contribution >= 4 is 76.3 Å². The maximum Gasteiger partial charge on any atom is 0.492 e. The molecule has 324 valence electrons. The van der Waals surface area contributed by atoms with Crippen LogP contribution >= 0.6 is 40.3 Å². The van der Waals surface area contributed by atoms with E-state index >= 15 is 0 Å². The highest BCUT2D eigenvalue weighted by molar-refractivity contribution is 9.09. The lowest BCUT2D eigenvalue weighted by molar-refractivity contribution is -0.809. The van der Waals surface area contributed by atoms with Crippen LogP contribution < -0.4 is 10.6 Å². The van der Waals surface area contributed by atoms with Gasteiger partial charge in [0, 0.05) is 11.5 Å². The summed E-state index contributed by atoms with van der Waals surface area (Å²) in [6, 6.07) is -1.86. The third kappa shape index (κ3) is 16.3. The Bertz CT molecular complexity index is 1500. The number of halogens is 1. The molecule has 2 aliphatic rings. The Morgan fingerprint density at radius 3 is 1.33 bits per heavy atom. The molecule has 0 radical (unpaired) electrons. The van der Waals surface area contributed by atoms with Gasteiger partial charge in [0.2, 0.25) is 11.8 Å². The first kappa shape index (κ1) is 52.2. The molecule has 0 bridgehead atoms. The minimum absolute atomic E-state index is 0.0124. The van der Waals surface area contributed by atoms with Gasteiger partial charge in [-0.2, -0.15) is 12.6 Å². The van der Waals surface area contributed by atoms with Gasteiger partial charge in [-0.3, -0.25) is 50.0 Å². The van der Waals surface area contributed by atoms with Crippen LogP contribution in [0.15, 0.2) is 0 Å². The molecule has 2 rings (SSSR count). The summed E-state index contributed by atoms with van der Waals surface area (Å²) in [4.78, 5) is 110. The number of hydrogen-bond donors (Lipinski definition) is 3. The fourth-order valence-corrected chi connectivity index (χ4v) is 5.57. The SMILES string of the molecule is COC(=O)[C@H](CS)NC(=O)OC(C)(C)C.COC(=O)[C@H](CSCC(=O)N1CC([N+](=O)[O-])([N+](=O)[O-])C1)NC(=O)OC(C)(C)C.O=C(CBr)N1CC([N+](=O)[O-])([N+](=O)[O-])C1.